The molecule has 1 amide bonds. The zero-order valence-electron chi connectivity index (χ0n) is 14.0. The summed E-state index contributed by atoms with van der Waals surface area (Å²) in [6.45, 7) is 0. The number of hydrogen-bond acceptors (Lipinski definition) is 5. The van der Waals surface area contributed by atoms with Crippen LogP contribution in [-0.4, -0.2) is 23.3 Å². The number of thioether (sulfide) groups is 1. The number of halogens is 3. The van der Waals surface area contributed by atoms with E-state index in [0.29, 0.717) is 12.1 Å². The third kappa shape index (κ3) is 5.81. The molecule has 0 fully saturated rings. The maximum absolute atomic E-state index is 12.7. The van der Waals surface area contributed by atoms with E-state index in [1.165, 1.54) is 6.21 Å². The molecule has 0 aliphatic rings. The van der Waals surface area contributed by atoms with E-state index in [0.717, 1.165) is 16.5 Å². The highest BCUT2D eigenvalue weighted by Gasteiger charge is 2.33. The van der Waals surface area contributed by atoms with Crippen LogP contribution < -0.4 is 5.43 Å². The Balaban J connectivity index is 2.06. The quantitative estimate of drug-likeness (QED) is 0.345. The first-order chi connectivity index (χ1) is 12.7. The van der Waals surface area contributed by atoms with Crippen LogP contribution in [0.25, 0.3) is 0 Å². The standard InChI is InChI=1S/C17H14F3N3O3S/c1-27-14-6-2-11(3-7-14)10-21-22-16(24)8-12-4-5-13(17(18,19)20)9-15(12)23(25)26/h2-7,9-10H,8H2,1H3,(H,22,24)/b21-10-. The molecule has 2 rings (SSSR count). The van der Waals surface area contributed by atoms with Gasteiger partial charge in [0.05, 0.1) is 23.1 Å². The Morgan fingerprint density at radius 3 is 2.48 bits per heavy atom. The molecule has 27 heavy (non-hydrogen) atoms. The first-order valence-corrected chi connectivity index (χ1v) is 8.73. The number of alkyl halides is 3. The zero-order chi connectivity index (χ0) is 20.0. The van der Waals surface area contributed by atoms with Crippen LogP contribution in [0.4, 0.5) is 18.9 Å². The summed E-state index contributed by atoms with van der Waals surface area (Å²) in [5, 5.41) is 14.8. The van der Waals surface area contributed by atoms with Gasteiger partial charge in [0.1, 0.15) is 0 Å². The first-order valence-electron chi connectivity index (χ1n) is 7.51. The molecule has 2 aromatic carbocycles. The Labute approximate surface area is 156 Å². The lowest BCUT2D eigenvalue weighted by molar-refractivity contribution is -0.385. The number of hydrazone groups is 1. The van der Waals surface area contributed by atoms with Crippen LogP contribution in [-0.2, 0) is 17.4 Å². The van der Waals surface area contributed by atoms with E-state index in [4.69, 9.17) is 0 Å². The maximum Gasteiger partial charge on any atom is 0.416 e. The number of rotatable bonds is 6. The highest BCUT2D eigenvalue weighted by Crippen LogP contribution is 2.33. The molecule has 0 spiro atoms. The van der Waals surface area contributed by atoms with E-state index in [9.17, 15) is 28.1 Å². The van der Waals surface area contributed by atoms with Crippen molar-refractivity contribution in [2.45, 2.75) is 17.5 Å². The van der Waals surface area contributed by atoms with Gasteiger partial charge in [-0.25, -0.2) is 5.43 Å². The van der Waals surface area contributed by atoms with Crippen molar-refractivity contribution in [3.05, 3.63) is 69.3 Å². The zero-order valence-corrected chi connectivity index (χ0v) is 14.8. The predicted octanol–water partition coefficient (Wildman–Crippen LogP) is 4.03. The second-order valence-corrected chi connectivity index (χ2v) is 6.22. The van der Waals surface area contributed by atoms with Crippen LogP contribution in [0.2, 0.25) is 0 Å². The second-order valence-electron chi connectivity index (χ2n) is 5.34. The van der Waals surface area contributed by atoms with Gasteiger partial charge in [0.25, 0.3) is 5.69 Å². The Morgan fingerprint density at radius 1 is 1.26 bits per heavy atom. The summed E-state index contributed by atoms with van der Waals surface area (Å²) < 4.78 is 38.0. The minimum atomic E-state index is -4.71. The predicted molar refractivity (Wildman–Crippen MR) is 95.8 cm³/mol. The molecule has 0 aromatic heterocycles. The van der Waals surface area contributed by atoms with Crippen molar-refractivity contribution in [1.29, 1.82) is 0 Å². The van der Waals surface area contributed by atoms with E-state index in [-0.39, 0.29) is 5.56 Å². The fourth-order valence-corrected chi connectivity index (χ4v) is 2.55. The lowest BCUT2D eigenvalue weighted by Crippen LogP contribution is -2.20. The Kier molecular flexibility index (Phi) is 6.56. The Bertz CT molecular complexity index is 868. The number of carbonyl (C=O) groups is 1. The van der Waals surface area contributed by atoms with Crippen molar-refractivity contribution in [2.24, 2.45) is 5.10 Å². The Hall–Kier alpha value is -2.88. The molecule has 0 radical (unpaired) electrons. The van der Waals surface area contributed by atoms with E-state index in [1.54, 1.807) is 23.9 Å². The fraction of sp³-hybridized carbons (Fsp3) is 0.176. The van der Waals surface area contributed by atoms with Crippen LogP contribution in [0.5, 0.6) is 0 Å². The van der Waals surface area contributed by atoms with Gasteiger partial charge in [-0.2, -0.15) is 18.3 Å². The molecular weight excluding hydrogens is 383 g/mol. The summed E-state index contributed by atoms with van der Waals surface area (Å²) >= 11 is 1.57. The number of nitrogens with zero attached hydrogens (tertiary/aromatic N) is 2. The average molecular weight is 397 g/mol. The second kappa shape index (κ2) is 8.67. The molecular formula is C17H14F3N3O3S. The van der Waals surface area contributed by atoms with Gasteiger partial charge in [0.15, 0.2) is 0 Å². The minimum absolute atomic E-state index is 0.134. The number of amides is 1. The minimum Gasteiger partial charge on any atom is -0.273 e. The average Bonchev–Trinajstić information content (AvgIpc) is 2.61. The fourth-order valence-electron chi connectivity index (χ4n) is 2.14. The normalized spacial score (nSPS) is 11.6. The number of nitrogens with one attached hydrogen (secondary N) is 1. The topological polar surface area (TPSA) is 84.6 Å². The van der Waals surface area contributed by atoms with Gasteiger partial charge in [-0.05, 0) is 30.0 Å². The van der Waals surface area contributed by atoms with Gasteiger partial charge >= 0.3 is 6.18 Å². The van der Waals surface area contributed by atoms with Crippen molar-refractivity contribution in [3.8, 4) is 0 Å². The summed E-state index contributed by atoms with van der Waals surface area (Å²) in [6.07, 6.45) is -1.86. The molecule has 6 nitrogen and oxygen atoms in total. The summed E-state index contributed by atoms with van der Waals surface area (Å²) in [4.78, 5) is 23.0. The van der Waals surface area contributed by atoms with Gasteiger partial charge in [-0.1, -0.05) is 18.2 Å². The molecule has 0 atom stereocenters. The molecule has 0 saturated carbocycles. The van der Waals surface area contributed by atoms with E-state index >= 15 is 0 Å². The van der Waals surface area contributed by atoms with Crippen molar-refractivity contribution in [2.75, 3.05) is 6.26 Å². The summed E-state index contributed by atoms with van der Waals surface area (Å²) in [6, 6.07) is 9.37. The van der Waals surface area contributed by atoms with E-state index in [1.807, 2.05) is 18.4 Å². The van der Waals surface area contributed by atoms with Gasteiger partial charge in [-0.15, -0.1) is 11.8 Å². The molecule has 1 N–H and O–H groups in total. The van der Waals surface area contributed by atoms with Crippen LogP contribution in [0.1, 0.15) is 16.7 Å². The number of nitro groups is 1. The third-order valence-corrected chi connectivity index (χ3v) is 4.22. The number of nitro benzene ring substituents is 1. The number of hydrogen-bond donors (Lipinski definition) is 1. The SMILES string of the molecule is CSc1ccc(/C=N\NC(=O)Cc2ccc(C(F)(F)F)cc2[N+](=O)[O-])cc1. The molecule has 0 heterocycles. The van der Waals surface area contributed by atoms with E-state index in [2.05, 4.69) is 10.5 Å². The molecule has 0 saturated heterocycles. The molecule has 10 heteroatoms. The summed E-state index contributed by atoms with van der Waals surface area (Å²) in [5.74, 6) is -0.685. The molecule has 2 aromatic rings. The van der Waals surface area contributed by atoms with Gasteiger partial charge in [0, 0.05) is 16.5 Å². The van der Waals surface area contributed by atoms with Gasteiger partial charge in [0.2, 0.25) is 5.91 Å². The van der Waals surface area contributed by atoms with Crippen molar-refractivity contribution < 1.29 is 22.9 Å². The third-order valence-electron chi connectivity index (χ3n) is 3.48. The van der Waals surface area contributed by atoms with Gasteiger partial charge < -0.3 is 0 Å². The molecule has 0 aliphatic carbocycles. The van der Waals surface area contributed by atoms with Crippen molar-refractivity contribution in [3.63, 3.8) is 0 Å². The maximum atomic E-state index is 12.7. The smallest absolute Gasteiger partial charge is 0.273 e. The first kappa shape index (κ1) is 20.4. The highest BCUT2D eigenvalue weighted by atomic mass is 32.2. The molecule has 142 valence electrons. The molecule has 0 aliphatic heterocycles. The Morgan fingerprint density at radius 2 is 1.93 bits per heavy atom. The highest BCUT2D eigenvalue weighted by molar-refractivity contribution is 7.98. The van der Waals surface area contributed by atoms with Crippen molar-refractivity contribution >= 4 is 29.6 Å². The largest absolute Gasteiger partial charge is 0.416 e. The van der Waals surface area contributed by atoms with Gasteiger partial charge in [-0.3, -0.25) is 14.9 Å². The monoisotopic (exact) mass is 397 g/mol. The summed E-state index contributed by atoms with van der Waals surface area (Å²) in [7, 11) is 0. The molecule has 0 unspecified atom stereocenters. The number of carbonyl (C=O) groups excluding carboxylic acids is 1. The lowest BCUT2D eigenvalue weighted by Gasteiger charge is -2.08. The van der Waals surface area contributed by atoms with Crippen LogP contribution >= 0.6 is 11.8 Å². The van der Waals surface area contributed by atoms with E-state index < -0.39 is 34.7 Å². The van der Waals surface area contributed by atoms with Crippen LogP contribution in [0.15, 0.2) is 52.5 Å². The van der Waals surface area contributed by atoms with Crippen molar-refractivity contribution in [1.82, 2.24) is 5.43 Å². The molecule has 0 bridgehead atoms. The summed E-state index contributed by atoms with van der Waals surface area (Å²) in [5.41, 5.74) is 0.881. The number of benzene rings is 2. The van der Waals surface area contributed by atoms with Crippen LogP contribution in [0.3, 0.4) is 0 Å². The lowest BCUT2D eigenvalue weighted by atomic mass is 10.1. The van der Waals surface area contributed by atoms with Crippen LogP contribution in [0, 0.1) is 10.1 Å².